The number of nitrogens with two attached hydrogens (primary N) is 1. The molecule has 4 rings (SSSR count). The second-order valence-corrected chi connectivity index (χ2v) is 7.17. The highest BCUT2D eigenvalue weighted by atomic mass is 16.5. The van der Waals surface area contributed by atoms with E-state index < -0.39 is 0 Å². The molecule has 1 saturated heterocycles. The molecule has 1 fully saturated rings. The summed E-state index contributed by atoms with van der Waals surface area (Å²) < 4.78 is 11.4. The predicted molar refractivity (Wildman–Crippen MR) is 107 cm³/mol. The zero-order valence-electron chi connectivity index (χ0n) is 15.7. The second kappa shape index (κ2) is 7.52. The van der Waals surface area contributed by atoms with Gasteiger partial charge in [-0.05, 0) is 31.5 Å². The number of anilines is 1. The fraction of sp³-hybridized carbons (Fsp3) is 0.333. The molecule has 1 aliphatic heterocycles. The molecule has 7 heteroatoms. The van der Waals surface area contributed by atoms with Gasteiger partial charge in [0.05, 0.1) is 25.3 Å². The number of benzene rings is 2. The molecule has 3 aromatic rings. The Bertz CT molecular complexity index is 1040. The number of amides is 2. The zero-order valence-corrected chi connectivity index (χ0v) is 15.7. The van der Waals surface area contributed by atoms with E-state index in [0.717, 1.165) is 35.7 Å². The molecule has 7 nitrogen and oxygen atoms in total. The van der Waals surface area contributed by atoms with Crippen LogP contribution in [0.1, 0.15) is 12.8 Å². The second-order valence-electron chi connectivity index (χ2n) is 7.17. The Morgan fingerprint density at radius 1 is 1.25 bits per heavy atom. The molecular formula is C21H23N3O4. The van der Waals surface area contributed by atoms with E-state index in [4.69, 9.17) is 14.9 Å². The third-order valence-electron chi connectivity index (χ3n) is 5.25. The van der Waals surface area contributed by atoms with Crippen LogP contribution in [-0.4, -0.2) is 43.5 Å². The first-order valence-corrected chi connectivity index (χ1v) is 9.36. The van der Waals surface area contributed by atoms with E-state index >= 15 is 0 Å². The van der Waals surface area contributed by atoms with E-state index in [2.05, 4.69) is 5.32 Å². The maximum Gasteiger partial charge on any atom is 0.238 e. The van der Waals surface area contributed by atoms with Crippen molar-refractivity contribution in [3.8, 4) is 5.75 Å². The lowest BCUT2D eigenvalue weighted by Crippen LogP contribution is -2.44. The van der Waals surface area contributed by atoms with E-state index in [1.54, 1.807) is 13.2 Å². The van der Waals surface area contributed by atoms with Crippen molar-refractivity contribution in [1.82, 2.24) is 4.90 Å². The van der Waals surface area contributed by atoms with Crippen LogP contribution in [0.4, 0.5) is 5.69 Å². The number of para-hydroxylation sites is 1. The number of nitrogens with zero attached hydrogens (tertiary/aromatic N) is 1. The number of likely N-dealkylation sites (tertiary alicyclic amines) is 1. The van der Waals surface area contributed by atoms with Gasteiger partial charge in [-0.1, -0.05) is 18.2 Å². The maximum absolute atomic E-state index is 12.6. The Kier molecular flexibility index (Phi) is 4.92. The van der Waals surface area contributed by atoms with Crippen molar-refractivity contribution in [3.05, 3.63) is 36.4 Å². The summed E-state index contributed by atoms with van der Waals surface area (Å²) in [7, 11) is 1.57. The molecule has 1 aliphatic rings. The topological polar surface area (TPSA) is 97.8 Å². The Labute approximate surface area is 162 Å². The van der Waals surface area contributed by atoms with E-state index in [0.29, 0.717) is 23.6 Å². The number of nitrogens with one attached hydrogen (secondary N) is 1. The first-order chi connectivity index (χ1) is 13.5. The number of hydrogen-bond acceptors (Lipinski definition) is 5. The van der Waals surface area contributed by atoms with Crippen LogP contribution in [0.25, 0.3) is 21.9 Å². The first-order valence-electron chi connectivity index (χ1n) is 9.36. The number of fused-ring (bicyclic) bond motifs is 3. The van der Waals surface area contributed by atoms with Crippen LogP contribution in [0.5, 0.6) is 5.75 Å². The molecule has 2 amide bonds. The summed E-state index contributed by atoms with van der Waals surface area (Å²) in [6.07, 6.45) is 1.64. The van der Waals surface area contributed by atoms with Gasteiger partial charge in [-0.2, -0.15) is 0 Å². The first kappa shape index (κ1) is 18.3. The van der Waals surface area contributed by atoms with Crippen molar-refractivity contribution in [3.63, 3.8) is 0 Å². The summed E-state index contributed by atoms with van der Waals surface area (Å²) in [5.41, 5.74) is 7.44. The van der Waals surface area contributed by atoms with Crippen molar-refractivity contribution in [1.29, 1.82) is 0 Å². The third-order valence-corrected chi connectivity index (χ3v) is 5.25. The van der Waals surface area contributed by atoms with Crippen LogP contribution in [0.3, 0.4) is 0 Å². The Balaban J connectivity index is 1.54. The molecule has 2 aromatic carbocycles. The van der Waals surface area contributed by atoms with Crippen molar-refractivity contribution in [2.75, 3.05) is 32.1 Å². The van der Waals surface area contributed by atoms with Gasteiger partial charge in [0.25, 0.3) is 0 Å². The number of rotatable bonds is 5. The van der Waals surface area contributed by atoms with Crippen molar-refractivity contribution in [2.24, 2.45) is 11.7 Å². The maximum atomic E-state index is 12.6. The summed E-state index contributed by atoms with van der Waals surface area (Å²) >= 11 is 0. The quantitative estimate of drug-likeness (QED) is 0.708. The zero-order chi connectivity index (χ0) is 19.7. The van der Waals surface area contributed by atoms with Gasteiger partial charge in [-0.25, -0.2) is 0 Å². The average molecular weight is 381 g/mol. The number of ether oxygens (including phenoxy) is 1. The number of hydrogen-bond donors (Lipinski definition) is 2. The van der Waals surface area contributed by atoms with Gasteiger partial charge in [0, 0.05) is 23.4 Å². The van der Waals surface area contributed by atoms with Crippen LogP contribution < -0.4 is 15.8 Å². The van der Waals surface area contributed by atoms with Crippen molar-refractivity contribution in [2.45, 2.75) is 12.8 Å². The number of piperidine rings is 1. The molecule has 3 N–H and O–H groups in total. The normalized spacial score (nSPS) is 17.7. The van der Waals surface area contributed by atoms with E-state index in [9.17, 15) is 9.59 Å². The minimum atomic E-state index is -0.304. The molecule has 0 bridgehead atoms. The van der Waals surface area contributed by atoms with Gasteiger partial charge in [-0.3, -0.25) is 14.5 Å². The lowest BCUT2D eigenvalue weighted by molar-refractivity contribution is -0.125. The third kappa shape index (κ3) is 3.53. The number of furan rings is 1. The summed E-state index contributed by atoms with van der Waals surface area (Å²) in [5, 5.41) is 4.84. The molecule has 0 saturated carbocycles. The van der Waals surface area contributed by atoms with Crippen molar-refractivity contribution < 1.29 is 18.7 Å². The summed E-state index contributed by atoms with van der Waals surface area (Å²) in [4.78, 5) is 26.0. The van der Waals surface area contributed by atoms with Gasteiger partial charge >= 0.3 is 0 Å². The highest BCUT2D eigenvalue weighted by molar-refractivity contribution is 6.07. The van der Waals surface area contributed by atoms with Crippen LogP contribution in [-0.2, 0) is 9.59 Å². The monoisotopic (exact) mass is 381 g/mol. The largest absolute Gasteiger partial charge is 0.495 e. The molecule has 1 aromatic heterocycles. The Hall–Kier alpha value is -3.06. The van der Waals surface area contributed by atoms with Crippen molar-refractivity contribution >= 4 is 39.4 Å². The van der Waals surface area contributed by atoms with Crippen LogP contribution >= 0.6 is 0 Å². The molecule has 1 atom stereocenters. The highest BCUT2D eigenvalue weighted by Crippen LogP contribution is 2.36. The lowest BCUT2D eigenvalue weighted by Gasteiger charge is -2.30. The van der Waals surface area contributed by atoms with E-state index in [-0.39, 0.29) is 24.3 Å². The van der Waals surface area contributed by atoms with Gasteiger partial charge in [-0.15, -0.1) is 0 Å². The molecule has 28 heavy (non-hydrogen) atoms. The summed E-state index contributed by atoms with van der Waals surface area (Å²) in [6.45, 7) is 1.49. The fourth-order valence-electron chi connectivity index (χ4n) is 3.84. The fourth-order valence-corrected chi connectivity index (χ4v) is 3.84. The number of primary amides is 1. The highest BCUT2D eigenvalue weighted by Gasteiger charge is 2.25. The van der Waals surface area contributed by atoms with Gasteiger partial charge < -0.3 is 20.2 Å². The van der Waals surface area contributed by atoms with E-state index in [1.165, 1.54) is 0 Å². The standard InChI is InChI=1S/C21H23N3O4/c1-27-19-9-15-14-6-2-3-7-17(14)28-18(15)10-16(19)23-20(25)12-24-8-4-5-13(11-24)21(22)26/h2-3,6-7,9-10,13H,4-5,8,11-12H2,1H3,(H2,22,26)(H,23,25)/t13-/m1/s1. The molecule has 2 heterocycles. The van der Waals surface area contributed by atoms with Crippen LogP contribution in [0.15, 0.2) is 40.8 Å². The summed E-state index contributed by atoms with van der Waals surface area (Å²) in [5.74, 6) is -0.0926. The van der Waals surface area contributed by atoms with Crippen LogP contribution in [0.2, 0.25) is 0 Å². The smallest absolute Gasteiger partial charge is 0.238 e. The molecule has 0 aliphatic carbocycles. The van der Waals surface area contributed by atoms with Crippen LogP contribution in [0, 0.1) is 5.92 Å². The van der Waals surface area contributed by atoms with Gasteiger partial charge in [0.2, 0.25) is 11.8 Å². The molecular weight excluding hydrogens is 358 g/mol. The molecule has 0 unspecified atom stereocenters. The van der Waals surface area contributed by atoms with Gasteiger partial charge in [0.15, 0.2) is 0 Å². The molecule has 0 radical (unpaired) electrons. The number of carbonyl (C=O) groups excluding carboxylic acids is 2. The number of carbonyl (C=O) groups is 2. The lowest BCUT2D eigenvalue weighted by atomic mass is 9.97. The Morgan fingerprint density at radius 3 is 2.86 bits per heavy atom. The van der Waals surface area contributed by atoms with E-state index in [1.807, 2.05) is 35.2 Å². The average Bonchev–Trinajstić information content (AvgIpc) is 3.04. The molecule has 146 valence electrons. The summed E-state index contributed by atoms with van der Waals surface area (Å²) in [6, 6.07) is 11.4. The Morgan fingerprint density at radius 2 is 2.07 bits per heavy atom. The minimum Gasteiger partial charge on any atom is -0.495 e. The minimum absolute atomic E-state index is 0.168. The SMILES string of the molecule is COc1cc2c(cc1NC(=O)CN1CCC[C@@H](C(N)=O)C1)oc1ccccc12. The van der Waals surface area contributed by atoms with Gasteiger partial charge in [0.1, 0.15) is 16.9 Å². The predicted octanol–water partition coefficient (Wildman–Crippen LogP) is 2.73. The molecule has 0 spiro atoms. The number of methoxy groups -OCH3 is 1.